The molecule has 8 heteroatoms. The molecule has 1 aromatic carbocycles. The third-order valence-electron chi connectivity index (χ3n) is 4.54. The fourth-order valence-corrected chi connectivity index (χ4v) is 4.97. The van der Waals surface area contributed by atoms with Gasteiger partial charge in [0, 0.05) is 19.1 Å². The molecule has 2 saturated heterocycles. The Morgan fingerprint density at radius 2 is 1.96 bits per heavy atom. The minimum atomic E-state index is -3.61. The van der Waals surface area contributed by atoms with Gasteiger partial charge in [0.2, 0.25) is 15.9 Å². The van der Waals surface area contributed by atoms with Gasteiger partial charge in [-0.25, -0.2) is 8.42 Å². The van der Waals surface area contributed by atoms with Crippen LogP contribution in [0.15, 0.2) is 35.2 Å². The number of sulfonamides is 1. The molecule has 0 radical (unpaired) electrons. The Labute approximate surface area is 149 Å². The molecule has 2 aliphatic rings. The van der Waals surface area contributed by atoms with Crippen LogP contribution in [0.2, 0.25) is 0 Å². The Balaban J connectivity index is 0.00000208. The monoisotopic (exact) mass is 373 g/mol. The highest BCUT2D eigenvalue weighted by Crippen LogP contribution is 2.26. The highest BCUT2D eigenvalue weighted by Gasteiger charge is 2.39. The van der Waals surface area contributed by atoms with Crippen LogP contribution in [0, 0.1) is 0 Å². The van der Waals surface area contributed by atoms with Crippen molar-refractivity contribution < 1.29 is 13.2 Å². The molecule has 134 valence electrons. The largest absolute Gasteiger partial charge is 0.353 e. The number of hydrogen-bond donors (Lipinski definition) is 2. The van der Waals surface area contributed by atoms with Crippen LogP contribution in [0.4, 0.5) is 0 Å². The van der Waals surface area contributed by atoms with Gasteiger partial charge in [-0.1, -0.05) is 18.2 Å². The van der Waals surface area contributed by atoms with Gasteiger partial charge < -0.3 is 10.6 Å². The zero-order valence-corrected chi connectivity index (χ0v) is 15.1. The van der Waals surface area contributed by atoms with Crippen molar-refractivity contribution in [2.45, 2.75) is 42.7 Å². The summed E-state index contributed by atoms with van der Waals surface area (Å²) in [7, 11) is -3.61. The van der Waals surface area contributed by atoms with Gasteiger partial charge in [0.25, 0.3) is 0 Å². The van der Waals surface area contributed by atoms with Crippen LogP contribution in [0.1, 0.15) is 25.7 Å². The highest BCUT2D eigenvalue weighted by atomic mass is 35.5. The first-order valence-corrected chi connectivity index (χ1v) is 9.61. The maximum atomic E-state index is 12.7. The standard InChI is InChI=1S/C16H23N3O3S.ClH/c20-16(18-12-13-6-4-10-17-13)15-9-5-11-19(15)23(21,22)14-7-2-1-3-8-14;/h1-3,7-8,13,15,17H,4-6,9-12H2,(H,18,20);1H. The molecule has 3 rings (SSSR count). The van der Waals surface area contributed by atoms with Crippen molar-refractivity contribution in [2.75, 3.05) is 19.6 Å². The maximum absolute atomic E-state index is 12.7. The van der Waals surface area contributed by atoms with Crippen molar-refractivity contribution in [3.8, 4) is 0 Å². The highest BCUT2D eigenvalue weighted by molar-refractivity contribution is 7.89. The van der Waals surface area contributed by atoms with Crippen LogP contribution in [0.3, 0.4) is 0 Å². The Bertz CT molecular complexity index is 648. The molecule has 2 heterocycles. The lowest BCUT2D eigenvalue weighted by Crippen LogP contribution is -2.48. The Hall–Kier alpha value is -1.15. The third kappa shape index (κ3) is 4.08. The van der Waals surface area contributed by atoms with Crippen LogP contribution < -0.4 is 10.6 Å². The van der Waals surface area contributed by atoms with Gasteiger partial charge >= 0.3 is 0 Å². The number of amides is 1. The quantitative estimate of drug-likeness (QED) is 0.811. The van der Waals surface area contributed by atoms with Gasteiger partial charge in [0.05, 0.1) is 4.90 Å². The predicted octanol–water partition coefficient (Wildman–Crippen LogP) is 1.13. The fraction of sp³-hybridized carbons (Fsp3) is 0.562. The van der Waals surface area contributed by atoms with Crippen molar-refractivity contribution in [2.24, 2.45) is 0 Å². The second-order valence-corrected chi connectivity index (χ2v) is 8.02. The molecule has 1 aromatic rings. The Morgan fingerprint density at radius 3 is 2.62 bits per heavy atom. The van der Waals surface area contributed by atoms with Gasteiger partial charge in [0.1, 0.15) is 6.04 Å². The lowest BCUT2D eigenvalue weighted by atomic mass is 10.2. The zero-order valence-electron chi connectivity index (χ0n) is 13.5. The van der Waals surface area contributed by atoms with Crippen molar-refractivity contribution >= 4 is 28.3 Å². The van der Waals surface area contributed by atoms with E-state index in [1.165, 1.54) is 4.31 Å². The average molecular weight is 374 g/mol. The van der Waals surface area contributed by atoms with Crippen LogP contribution in [-0.4, -0.2) is 50.3 Å². The summed E-state index contributed by atoms with van der Waals surface area (Å²) in [5, 5.41) is 6.24. The Morgan fingerprint density at radius 1 is 1.21 bits per heavy atom. The molecule has 6 nitrogen and oxygen atoms in total. The lowest BCUT2D eigenvalue weighted by molar-refractivity contribution is -0.124. The normalized spacial score (nSPS) is 24.5. The summed E-state index contributed by atoms with van der Waals surface area (Å²) < 4.78 is 26.8. The topological polar surface area (TPSA) is 78.5 Å². The van der Waals surface area contributed by atoms with Crippen LogP contribution in [-0.2, 0) is 14.8 Å². The van der Waals surface area contributed by atoms with E-state index in [1.54, 1.807) is 30.3 Å². The van der Waals surface area contributed by atoms with Crippen molar-refractivity contribution in [1.82, 2.24) is 14.9 Å². The van der Waals surface area contributed by atoms with E-state index in [0.29, 0.717) is 32.0 Å². The summed E-state index contributed by atoms with van der Waals surface area (Å²) in [6.45, 7) is 1.95. The van der Waals surface area contributed by atoms with E-state index in [4.69, 9.17) is 0 Å². The van der Waals surface area contributed by atoms with E-state index in [2.05, 4.69) is 10.6 Å². The molecule has 0 saturated carbocycles. The average Bonchev–Trinajstić information content (AvgIpc) is 3.25. The molecule has 2 N–H and O–H groups in total. The zero-order chi connectivity index (χ0) is 16.3. The number of nitrogens with zero attached hydrogens (tertiary/aromatic N) is 1. The minimum Gasteiger partial charge on any atom is -0.353 e. The van der Waals surface area contributed by atoms with Crippen LogP contribution in [0.5, 0.6) is 0 Å². The molecule has 1 amide bonds. The summed E-state index contributed by atoms with van der Waals surface area (Å²) in [4.78, 5) is 12.7. The van der Waals surface area contributed by atoms with Gasteiger partial charge in [-0.05, 0) is 44.4 Å². The van der Waals surface area contributed by atoms with E-state index in [1.807, 2.05) is 0 Å². The molecule has 2 aliphatic heterocycles. The number of rotatable bonds is 5. The van der Waals surface area contributed by atoms with Crippen molar-refractivity contribution in [1.29, 1.82) is 0 Å². The smallest absolute Gasteiger partial charge is 0.243 e. The van der Waals surface area contributed by atoms with E-state index >= 15 is 0 Å². The Kier molecular flexibility index (Phi) is 6.62. The van der Waals surface area contributed by atoms with E-state index in [-0.39, 0.29) is 23.2 Å². The maximum Gasteiger partial charge on any atom is 0.243 e. The van der Waals surface area contributed by atoms with Gasteiger partial charge in [0.15, 0.2) is 0 Å². The number of nitrogens with one attached hydrogen (secondary N) is 2. The molecule has 2 fully saturated rings. The van der Waals surface area contributed by atoms with Gasteiger partial charge in [-0.15, -0.1) is 12.4 Å². The minimum absolute atomic E-state index is 0. The second kappa shape index (κ2) is 8.29. The van der Waals surface area contributed by atoms with E-state index in [9.17, 15) is 13.2 Å². The van der Waals surface area contributed by atoms with E-state index in [0.717, 1.165) is 19.4 Å². The molecular weight excluding hydrogens is 350 g/mol. The van der Waals surface area contributed by atoms with E-state index < -0.39 is 16.1 Å². The summed E-state index contributed by atoms with van der Waals surface area (Å²) in [6.07, 6.45) is 3.47. The molecule has 0 spiro atoms. The number of halogens is 1. The molecule has 0 bridgehead atoms. The number of benzene rings is 1. The fourth-order valence-electron chi connectivity index (χ4n) is 3.29. The molecule has 0 aromatic heterocycles. The third-order valence-corrected chi connectivity index (χ3v) is 6.46. The second-order valence-electron chi connectivity index (χ2n) is 6.13. The number of hydrogen-bond acceptors (Lipinski definition) is 4. The van der Waals surface area contributed by atoms with Crippen molar-refractivity contribution in [3.63, 3.8) is 0 Å². The van der Waals surface area contributed by atoms with Crippen molar-refractivity contribution in [3.05, 3.63) is 30.3 Å². The predicted molar refractivity (Wildman–Crippen MR) is 94.6 cm³/mol. The SMILES string of the molecule is Cl.O=C(NCC1CCCN1)C1CCCN1S(=O)(=O)c1ccccc1. The number of carbonyl (C=O) groups is 1. The van der Waals surface area contributed by atoms with Gasteiger partial charge in [-0.3, -0.25) is 4.79 Å². The van der Waals surface area contributed by atoms with Crippen LogP contribution in [0.25, 0.3) is 0 Å². The first kappa shape index (κ1) is 19.2. The molecule has 2 unspecified atom stereocenters. The molecule has 0 aliphatic carbocycles. The number of carbonyl (C=O) groups excluding carboxylic acids is 1. The summed E-state index contributed by atoms with van der Waals surface area (Å²) in [5.41, 5.74) is 0. The summed E-state index contributed by atoms with van der Waals surface area (Å²) in [5.74, 6) is -0.185. The summed E-state index contributed by atoms with van der Waals surface area (Å²) in [6, 6.07) is 8.03. The first-order valence-electron chi connectivity index (χ1n) is 8.17. The lowest BCUT2D eigenvalue weighted by Gasteiger charge is -2.24. The van der Waals surface area contributed by atoms with Crippen LogP contribution >= 0.6 is 12.4 Å². The molecule has 24 heavy (non-hydrogen) atoms. The molecule has 2 atom stereocenters. The molecular formula is C16H24ClN3O3S. The van der Waals surface area contributed by atoms with Gasteiger partial charge in [-0.2, -0.15) is 4.31 Å². The first-order chi connectivity index (χ1) is 11.1. The summed E-state index contributed by atoms with van der Waals surface area (Å²) >= 11 is 0.